The van der Waals surface area contributed by atoms with E-state index < -0.39 is 0 Å². The van der Waals surface area contributed by atoms with Crippen molar-refractivity contribution in [3.05, 3.63) is 0 Å². The number of rotatable bonds is 14. The van der Waals surface area contributed by atoms with Gasteiger partial charge in [0, 0.05) is 0 Å². The molecule has 1 nitrogen and oxygen atoms in total. The summed E-state index contributed by atoms with van der Waals surface area (Å²) in [4.78, 5) is 0. The number of unbranched alkanes of at least 4 members (excludes halogenated alkanes) is 8. The second-order valence-corrected chi connectivity index (χ2v) is 7.71. The smallest absolute Gasteiger partial charge is 0.0540 e. The molecule has 1 N–H and O–H groups in total. The Kier molecular flexibility index (Phi) is 13.2. The predicted octanol–water partition coefficient (Wildman–Crippen LogP) is 7.02. The van der Waals surface area contributed by atoms with Crippen LogP contribution in [0, 0.1) is 5.92 Å². The highest BCUT2D eigenvalue weighted by Gasteiger charge is 2.13. The average Bonchev–Trinajstić information content (AvgIpc) is 2.54. The largest absolute Gasteiger partial charge is 0.393 e. The molecule has 132 valence electrons. The molecule has 0 heterocycles. The van der Waals surface area contributed by atoms with Crippen molar-refractivity contribution in [3.8, 4) is 0 Å². The van der Waals surface area contributed by atoms with Gasteiger partial charge in [-0.25, -0.2) is 0 Å². The summed E-state index contributed by atoms with van der Waals surface area (Å²) in [5.74, 6) is 0.980. The first kappa shape index (κ1) is 20.0. The summed E-state index contributed by atoms with van der Waals surface area (Å²) in [5.41, 5.74) is 0. The minimum absolute atomic E-state index is 0.0202. The molecule has 0 spiro atoms. The monoisotopic (exact) mass is 310 g/mol. The standard InChI is InChI=1S/C21H42O/c1-2-3-4-5-6-7-8-9-13-18-21(22)19-14-17-20-15-11-10-12-16-20/h20-22H,2-19H2,1H3. The summed E-state index contributed by atoms with van der Waals surface area (Å²) in [6.07, 6.45) is 24.3. The highest BCUT2D eigenvalue weighted by atomic mass is 16.3. The zero-order chi connectivity index (χ0) is 15.9. The van der Waals surface area contributed by atoms with Crippen LogP contribution < -0.4 is 0 Å². The van der Waals surface area contributed by atoms with Crippen LogP contribution in [-0.2, 0) is 0 Å². The van der Waals surface area contributed by atoms with E-state index in [1.165, 1.54) is 103 Å². The summed E-state index contributed by atoms with van der Waals surface area (Å²) in [7, 11) is 0. The Hall–Kier alpha value is -0.0400. The van der Waals surface area contributed by atoms with Crippen molar-refractivity contribution in [2.24, 2.45) is 5.92 Å². The van der Waals surface area contributed by atoms with Gasteiger partial charge >= 0.3 is 0 Å². The van der Waals surface area contributed by atoms with Gasteiger partial charge in [-0.1, -0.05) is 110 Å². The van der Waals surface area contributed by atoms with Crippen LogP contribution in [0.15, 0.2) is 0 Å². The molecule has 1 fully saturated rings. The number of aliphatic hydroxyl groups is 1. The van der Waals surface area contributed by atoms with Crippen molar-refractivity contribution in [1.82, 2.24) is 0 Å². The van der Waals surface area contributed by atoms with Crippen molar-refractivity contribution < 1.29 is 5.11 Å². The molecule has 0 aromatic rings. The molecule has 0 aromatic heterocycles. The molecule has 1 aliphatic carbocycles. The van der Waals surface area contributed by atoms with Gasteiger partial charge in [0.05, 0.1) is 6.10 Å². The fraction of sp³-hybridized carbons (Fsp3) is 1.00. The molecule has 1 saturated carbocycles. The Labute approximate surface area is 140 Å². The summed E-state index contributed by atoms with van der Waals surface area (Å²) >= 11 is 0. The van der Waals surface area contributed by atoms with E-state index in [1.807, 2.05) is 0 Å². The van der Waals surface area contributed by atoms with Crippen LogP contribution in [0.1, 0.15) is 122 Å². The zero-order valence-corrected chi connectivity index (χ0v) is 15.3. The van der Waals surface area contributed by atoms with Crippen molar-refractivity contribution in [2.45, 2.75) is 129 Å². The van der Waals surface area contributed by atoms with Crippen LogP contribution in [0.4, 0.5) is 0 Å². The van der Waals surface area contributed by atoms with Crippen LogP contribution in [0.3, 0.4) is 0 Å². The third-order valence-corrected chi connectivity index (χ3v) is 5.52. The van der Waals surface area contributed by atoms with Crippen molar-refractivity contribution in [2.75, 3.05) is 0 Å². The van der Waals surface area contributed by atoms with E-state index in [9.17, 15) is 5.11 Å². The molecule has 0 saturated heterocycles. The molecular formula is C21H42O. The molecule has 1 atom stereocenters. The van der Waals surface area contributed by atoms with Gasteiger partial charge in [-0.3, -0.25) is 0 Å². The minimum Gasteiger partial charge on any atom is -0.393 e. The molecule has 0 aromatic carbocycles. The van der Waals surface area contributed by atoms with E-state index in [2.05, 4.69) is 6.92 Å². The summed E-state index contributed by atoms with van der Waals surface area (Å²) in [6.45, 7) is 2.28. The molecule has 0 aliphatic heterocycles. The molecule has 0 bridgehead atoms. The van der Waals surface area contributed by atoms with Crippen LogP contribution in [0.2, 0.25) is 0 Å². The molecule has 1 unspecified atom stereocenters. The van der Waals surface area contributed by atoms with Crippen LogP contribution in [-0.4, -0.2) is 11.2 Å². The maximum Gasteiger partial charge on any atom is 0.0540 e. The fourth-order valence-electron chi connectivity index (χ4n) is 3.95. The zero-order valence-electron chi connectivity index (χ0n) is 15.3. The Balaban J connectivity index is 1.79. The molecule has 0 amide bonds. The van der Waals surface area contributed by atoms with Gasteiger partial charge in [0.25, 0.3) is 0 Å². The predicted molar refractivity (Wildman–Crippen MR) is 98.3 cm³/mol. The maximum absolute atomic E-state index is 10.1. The second kappa shape index (κ2) is 14.5. The van der Waals surface area contributed by atoms with E-state index >= 15 is 0 Å². The van der Waals surface area contributed by atoms with Crippen molar-refractivity contribution in [3.63, 3.8) is 0 Å². The lowest BCUT2D eigenvalue weighted by molar-refractivity contribution is 0.144. The number of hydrogen-bond donors (Lipinski definition) is 1. The Morgan fingerprint density at radius 3 is 1.91 bits per heavy atom. The van der Waals surface area contributed by atoms with Gasteiger partial charge in [-0.15, -0.1) is 0 Å². The highest BCUT2D eigenvalue weighted by Crippen LogP contribution is 2.28. The van der Waals surface area contributed by atoms with Crippen LogP contribution >= 0.6 is 0 Å². The lowest BCUT2D eigenvalue weighted by atomic mass is 9.85. The average molecular weight is 311 g/mol. The third-order valence-electron chi connectivity index (χ3n) is 5.52. The van der Waals surface area contributed by atoms with E-state index in [0.29, 0.717) is 0 Å². The van der Waals surface area contributed by atoms with Crippen LogP contribution in [0.25, 0.3) is 0 Å². The first-order valence-corrected chi connectivity index (χ1v) is 10.5. The third kappa shape index (κ3) is 11.5. The van der Waals surface area contributed by atoms with Gasteiger partial charge in [0.1, 0.15) is 0 Å². The van der Waals surface area contributed by atoms with Gasteiger partial charge in [0.15, 0.2) is 0 Å². The summed E-state index contributed by atoms with van der Waals surface area (Å²) in [6, 6.07) is 0. The number of aliphatic hydroxyl groups excluding tert-OH is 1. The van der Waals surface area contributed by atoms with Gasteiger partial charge in [-0.2, -0.15) is 0 Å². The quantitative estimate of drug-likeness (QED) is 0.342. The fourth-order valence-corrected chi connectivity index (χ4v) is 3.95. The molecule has 1 rings (SSSR count). The first-order chi connectivity index (χ1) is 10.8. The summed E-state index contributed by atoms with van der Waals surface area (Å²) < 4.78 is 0. The highest BCUT2D eigenvalue weighted by molar-refractivity contribution is 4.67. The second-order valence-electron chi connectivity index (χ2n) is 7.71. The first-order valence-electron chi connectivity index (χ1n) is 10.5. The molecule has 1 aliphatic rings. The Bertz CT molecular complexity index is 220. The Morgan fingerprint density at radius 1 is 0.727 bits per heavy atom. The lowest BCUT2D eigenvalue weighted by Crippen LogP contribution is -2.10. The van der Waals surface area contributed by atoms with Gasteiger partial charge in [0.2, 0.25) is 0 Å². The molecule has 0 radical (unpaired) electrons. The van der Waals surface area contributed by atoms with E-state index in [4.69, 9.17) is 0 Å². The lowest BCUT2D eigenvalue weighted by Gasteiger charge is -2.21. The van der Waals surface area contributed by atoms with Gasteiger partial charge in [-0.05, 0) is 18.8 Å². The van der Waals surface area contributed by atoms with E-state index in [0.717, 1.165) is 18.8 Å². The van der Waals surface area contributed by atoms with E-state index in [-0.39, 0.29) is 6.10 Å². The molecule has 1 heteroatoms. The maximum atomic E-state index is 10.1. The van der Waals surface area contributed by atoms with Crippen molar-refractivity contribution >= 4 is 0 Å². The molecular weight excluding hydrogens is 268 g/mol. The topological polar surface area (TPSA) is 20.2 Å². The van der Waals surface area contributed by atoms with E-state index in [1.54, 1.807) is 0 Å². The number of hydrogen-bond acceptors (Lipinski definition) is 1. The normalized spacial score (nSPS) is 17.7. The minimum atomic E-state index is -0.0202. The van der Waals surface area contributed by atoms with Crippen molar-refractivity contribution in [1.29, 1.82) is 0 Å². The van der Waals surface area contributed by atoms with Crippen LogP contribution in [0.5, 0.6) is 0 Å². The van der Waals surface area contributed by atoms with Gasteiger partial charge < -0.3 is 5.11 Å². The summed E-state index contributed by atoms with van der Waals surface area (Å²) in [5, 5.41) is 10.1. The Morgan fingerprint density at radius 2 is 1.27 bits per heavy atom. The molecule has 22 heavy (non-hydrogen) atoms. The SMILES string of the molecule is CCCCCCCCCCCC(O)CCCC1CCCCC1.